The van der Waals surface area contributed by atoms with Gasteiger partial charge in [-0.3, -0.25) is 0 Å². The monoisotopic (exact) mass is 148 g/mol. The Balaban J connectivity index is 2.71. The van der Waals surface area contributed by atoms with Gasteiger partial charge in [-0.1, -0.05) is 12.7 Å². The number of rotatable bonds is 1. The van der Waals surface area contributed by atoms with Gasteiger partial charge in [-0.2, -0.15) is 0 Å². The van der Waals surface area contributed by atoms with E-state index >= 15 is 0 Å². The Labute approximate surface area is 64.7 Å². The van der Waals surface area contributed by atoms with E-state index in [1.54, 1.807) is 12.1 Å². The first-order valence-corrected chi connectivity index (χ1v) is 3.41. The smallest absolute Gasteiger partial charge is 0.174 e. The van der Waals surface area contributed by atoms with Gasteiger partial charge >= 0.3 is 0 Å². The maximum Gasteiger partial charge on any atom is 0.174 e. The predicted octanol–water partition coefficient (Wildman–Crippen LogP) is 2.45. The van der Waals surface area contributed by atoms with Crippen molar-refractivity contribution in [2.75, 3.05) is 0 Å². The first-order chi connectivity index (χ1) is 5.24. The molecule has 0 radical (unpaired) electrons. The van der Waals surface area contributed by atoms with Gasteiger partial charge in [-0.05, 0) is 6.92 Å². The van der Waals surface area contributed by atoms with Gasteiger partial charge in [0, 0.05) is 17.2 Å². The molecule has 0 aromatic heterocycles. The summed E-state index contributed by atoms with van der Waals surface area (Å²) < 4.78 is 5.08. The Kier molecular flexibility index (Phi) is 1.02. The molecule has 1 aliphatic rings. The summed E-state index contributed by atoms with van der Waals surface area (Å²) in [6.07, 6.45) is 1.63. The molecule has 1 N–H and O–H groups in total. The van der Waals surface area contributed by atoms with Crippen molar-refractivity contribution in [1.82, 2.24) is 0 Å². The molecular formula is C9H8O2. The highest BCUT2D eigenvalue weighted by atomic mass is 16.6. The molecule has 0 aliphatic carbocycles. The van der Waals surface area contributed by atoms with Gasteiger partial charge < -0.3 is 9.84 Å². The van der Waals surface area contributed by atoms with Gasteiger partial charge in [0.1, 0.15) is 5.75 Å². The summed E-state index contributed by atoms with van der Waals surface area (Å²) in [5.41, 5.74) is 1.73. The maximum absolute atomic E-state index is 9.35. The third-order valence-corrected chi connectivity index (χ3v) is 1.89. The lowest BCUT2D eigenvalue weighted by molar-refractivity contribution is 0.473. The number of hydrogen-bond donors (Lipinski definition) is 1. The zero-order valence-electron chi connectivity index (χ0n) is 6.22. The summed E-state index contributed by atoms with van der Waals surface area (Å²) in [4.78, 5) is 0. The minimum Gasteiger partial charge on any atom is -0.507 e. The van der Waals surface area contributed by atoms with Gasteiger partial charge in [0.25, 0.3) is 0 Å². The van der Waals surface area contributed by atoms with Gasteiger partial charge in [0.15, 0.2) is 11.5 Å². The number of hydrogen-bond acceptors (Lipinski definition) is 2. The molecule has 0 atom stereocenters. The second-order valence-corrected chi connectivity index (χ2v) is 2.57. The van der Waals surface area contributed by atoms with Crippen LogP contribution in [-0.4, -0.2) is 5.11 Å². The highest BCUT2D eigenvalue weighted by Crippen LogP contribution is 2.52. The van der Waals surface area contributed by atoms with E-state index in [0.29, 0.717) is 0 Å². The Morgan fingerprint density at radius 1 is 1.64 bits per heavy atom. The predicted molar refractivity (Wildman–Crippen MR) is 43.0 cm³/mol. The van der Waals surface area contributed by atoms with Crippen molar-refractivity contribution in [3.05, 3.63) is 23.8 Å². The molecular weight excluding hydrogens is 140 g/mol. The van der Waals surface area contributed by atoms with E-state index in [4.69, 9.17) is 4.74 Å². The summed E-state index contributed by atoms with van der Waals surface area (Å²) in [5, 5.41) is 9.35. The summed E-state index contributed by atoms with van der Waals surface area (Å²) in [6.45, 7) is 5.51. The molecule has 56 valence electrons. The van der Waals surface area contributed by atoms with Gasteiger partial charge in [-0.15, -0.1) is 0 Å². The topological polar surface area (TPSA) is 32.8 Å². The fourth-order valence-electron chi connectivity index (χ4n) is 1.21. The standard InChI is InChI=1S/C9H8O2/c1-3-6-5(2)9-8(11-9)4-7(6)10/h3-4,10H,1H2,2H3. The van der Waals surface area contributed by atoms with Crippen LogP contribution >= 0.6 is 0 Å². The van der Waals surface area contributed by atoms with Crippen LogP contribution in [0.2, 0.25) is 0 Å². The highest BCUT2D eigenvalue weighted by Gasteiger charge is 2.26. The Hall–Kier alpha value is -1.44. The van der Waals surface area contributed by atoms with Crippen LogP contribution in [0.4, 0.5) is 0 Å². The highest BCUT2D eigenvalue weighted by molar-refractivity contribution is 5.72. The Morgan fingerprint density at radius 3 is 3.00 bits per heavy atom. The van der Waals surface area contributed by atoms with E-state index in [-0.39, 0.29) is 5.75 Å². The van der Waals surface area contributed by atoms with Crippen LogP contribution in [0.1, 0.15) is 11.1 Å². The molecule has 1 aromatic rings. The average molecular weight is 148 g/mol. The SMILES string of the molecule is C=Cc1c(O)cc2c(c1C)O2. The van der Waals surface area contributed by atoms with Crippen molar-refractivity contribution in [3.8, 4) is 17.2 Å². The molecule has 1 aromatic carbocycles. The lowest BCUT2D eigenvalue weighted by atomic mass is 10.1. The number of aromatic hydroxyl groups is 1. The molecule has 0 spiro atoms. The fraction of sp³-hybridized carbons (Fsp3) is 0.111. The van der Waals surface area contributed by atoms with E-state index in [1.807, 2.05) is 6.92 Å². The largest absolute Gasteiger partial charge is 0.507 e. The van der Waals surface area contributed by atoms with Crippen LogP contribution in [-0.2, 0) is 0 Å². The van der Waals surface area contributed by atoms with Crippen LogP contribution in [0.15, 0.2) is 12.6 Å². The van der Waals surface area contributed by atoms with Gasteiger partial charge in [-0.25, -0.2) is 0 Å². The Bertz CT molecular complexity index is 340. The average Bonchev–Trinajstić information content (AvgIpc) is 2.68. The first-order valence-electron chi connectivity index (χ1n) is 3.41. The van der Waals surface area contributed by atoms with Crippen molar-refractivity contribution in [3.63, 3.8) is 0 Å². The molecule has 0 fully saturated rings. The van der Waals surface area contributed by atoms with Crippen molar-refractivity contribution >= 4 is 6.08 Å². The van der Waals surface area contributed by atoms with E-state index in [1.165, 1.54) is 0 Å². The van der Waals surface area contributed by atoms with E-state index in [9.17, 15) is 5.11 Å². The second-order valence-electron chi connectivity index (χ2n) is 2.57. The number of phenolic OH excluding ortho intramolecular Hbond substituents is 1. The third kappa shape index (κ3) is 0.724. The number of ether oxygens (including phenoxy) is 1. The lowest BCUT2D eigenvalue weighted by Crippen LogP contribution is -1.75. The van der Waals surface area contributed by atoms with E-state index in [0.717, 1.165) is 22.6 Å². The van der Waals surface area contributed by atoms with Crippen LogP contribution in [0.25, 0.3) is 6.08 Å². The Morgan fingerprint density at radius 2 is 2.36 bits per heavy atom. The van der Waals surface area contributed by atoms with Crippen LogP contribution < -0.4 is 4.74 Å². The molecule has 0 saturated carbocycles. The van der Waals surface area contributed by atoms with Crippen molar-refractivity contribution in [2.45, 2.75) is 6.92 Å². The van der Waals surface area contributed by atoms with Crippen LogP contribution in [0.5, 0.6) is 17.2 Å². The molecule has 11 heavy (non-hydrogen) atoms. The van der Waals surface area contributed by atoms with Crippen molar-refractivity contribution in [1.29, 1.82) is 0 Å². The molecule has 0 unspecified atom stereocenters. The first kappa shape index (κ1) is 6.28. The quantitative estimate of drug-likeness (QED) is 0.630. The molecule has 2 nitrogen and oxygen atoms in total. The van der Waals surface area contributed by atoms with Gasteiger partial charge in [0.05, 0.1) is 0 Å². The molecule has 0 amide bonds. The minimum atomic E-state index is 0.244. The molecule has 2 heteroatoms. The molecule has 1 aliphatic heterocycles. The lowest BCUT2D eigenvalue weighted by Gasteiger charge is -1.97. The normalized spacial score (nSPS) is 11.7. The zero-order valence-corrected chi connectivity index (χ0v) is 6.22. The second kappa shape index (κ2) is 1.78. The number of phenols is 1. The minimum absolute atomic E-state index is 0.244. The molecule has 0 saturated heterocycles. The molecule has 1 heterocycles. The van der Waals surface area contributed by atoms with E-state index < -0.39 is 0 Å². The molecule has 0 bridgehead atoms. The number of benzene rings is 1. The number of fused-ring (bicyclic) bond motifs is 1. The van der Waals surface area contributed by atoms with Crippen molar-refractivity contribution < 1.29 is 9.84 Å². The van der Waals surface area contributed by atoms with Crippen LogP contribution in [0, 0.1) is 6.92 Å². The molecule has 2 rings (SSSR count). The summed E-state index contributed by atoms with van der Waals surface area (Å²) in [5.74, 6) is 1.91. The van der Waals surface area contributed by atoms with E-state index in [2.05, 4.69) is 6.58 Å². The maximum atomic E-state index is 9.35. The third-order valence-electron chi connectivity index (χ3n) is 1.89. The van der Waals surface area contributed by atoms with Gasteiger partial charge in [0.2, 0.25) is 0 Å². The summed E-state index contributed by atoms with van der Waals surface area (Å²) in [7, 11) is 0. The summed E-state index contributed by atoms with van der Waals surface area (Å²) >= 11 is 0. The fourth-order valence-corrected chi connectivity index (χ4v) is 1.21. The summed E-state index contributed by atoms with van der Waals surface area (Å²) in [6, 6.07) is 1.61. The zero-order chi connectivity index (χ0) is 8.01. The van der Waals surface area contributed by atoms with Crippen molar-refractivity contribution in [2.24, 2.45) is 0 Å². The van der Waals surface area contributed by atoms with Crippen LogP contribution in [0.3, 0.4) is 0 Å².